The number of rotatable bonds is 4. The second kappa shape index (κ2) is 6.39. The van der Waals surface area contributed by atoms with Crippen LogP contribution in [0.25, 0.3) is 0 Å². The number of hydrogen-bond donors (Lipinski definition) is 2. The molecule has 1 amide bonds. The average Bonchev–Trinajstić information content (AvgIpc) is 2.79. The number of piperidine rings is 1. The summed E-state index contributed by atoms with van der Waals surface area (Å²) >= 11 is 0. The maximum atomic E-state index is 11.8. The molecule has 0 aromatic rings. The maximum Gasteiger partial charge on any atom is 0.220 e. The Labute approximate surface area is 105 Å². The van der Waals surface area contributed by atoms with Crippen molar-refractivity contribution in [3.8, 4) is 0 Å². The van der Waals surface area contributed by atoms with Crippen molar-refractivity contribution in [1.82, 2.24) is 10.6 Å². The Morgan fingerprint density at radius 3 is 2.76 bits per heavy atom. The van der Waals surface area contributed by atoms with E-state index in [0.29, 0.717) is 12.0 Å². The Bertz CT molecular complexity index is 249. The van der Waals surface area contributed by atoms with Gasteiger partial charge in [-0.15, -0.1) is 0 Å². The van der Waals surface area contributed by atoms with E-state index in [4.69, 9.17) is 0 Å². The zero-order valence-electron chi connectivity index (χ0n) is 11.0. The first-order valence-electron chi connectivity index (χ1n) is 7.24. The minimum absolute atomic E-state index is 0.262. The van der Waals surface area contributed by atoms with Crippen molar-refractivity contribution in [1.29, 1.82) is 0 Å². The molecule has 1 aliphatic heterocycles. The van der Waals surface area contributed by atoms with E-state index < -0.39 is 0 Å². The standard InChI is InChI=1S/C14H26N2O/c1-11-8-13(10-15-9-11)16-14(17)7-6-12-4-2-3-5-12/h11-13,15H,2-10H2,1H3,(H,16,17). The third-order valence-corrected chi connectivity index (χ3v) is 4.19. The highest BCUT2D eigenvalue weighted by Crippen LogP contribution is 2.28. The summed E-state index contributed by atoms with van der Waals surface area (Å²) in [5.41, 5.74) is 0. The van der Waals surface area contributed by atoms with Crippen LogP contribution < -0.4 is 10.6 Å². The van der Waals surface area contributed by atoms with Gasteiger partial charge in [-0.1, -0.05) is 32.6 Å². The number of hydrogen-bond acceptors (Lipinski definition) is 2. The molecule has 98 valence electrons. The van der Waals surface area contributed by atoms with Gasteiger partial charge >= 0.3 is 0 Å². The molecule has 0 bridgehead atoms. The van der Waals surface area contributed by atoms with Crippen molar-refractivity contribution in [2.24, 2.45) is 11.8 Å². The average molecular weight is 238 g/mol. The first-order chi connectivity index (χ1) is 8.24. The SMILES string of the molecule is CC1CNCC(NC(=O)CCC2CCCC2)C1. The summed E-state index contributed by atoms with van der Waals surface area (Å²) in [6, 6.07) is 0.356. The largest absolute Gasteiger partial charge is 0.352 e. The van der Waals surface area contributed by atoms with Gasteiger partial charge in [0.1, 0.15) is 0 Å². The van der Waals surface area contributed by atoms with E-state index in [1.165, 1.54) is 25.7 Å². The van der Waals surface area contributed by atoms with Crippen LogP contribution in [-0.2, 0) is 4.79 Å². The fraction of sp³-hybridized carbons (Fsp3) is 0.929. The maximum absolute atomic E-state index is 11.8. The lowest BCUT2D eigenvalue weighted by Crippen LogP contribution is -2.48. The molecule has 1 saturated heterocycles. The predicted octanol–water partition coefficient (Wildman–Crippen LogP) is 2.07. The van der Waals surface area contributed by atoms with Crippen molar-refractivity contribution in [3.05, 3.63) is 0 Å². The smallest absolute Gasteiger partial charge is 0.220 e. The highest BCUT2D eigenvalue weighted by molar-refractivity contribution is 5.76. The molecule has 0 aromatic carbocycles. The minimum atomic E-state index is 0.262. The lowest BCUT2D eigenvalue weighted by atomic mass is 9.97. The van der Waals surface area contributed by atoms with Crippen LogP contribution in [0.4, 0.5) is 0 Å². The Balaban J connectivity index is 1.62. The van der Waals surface area contributed by atoms with Gasteiger partial charge in [-0.25, -0.2) is 0 Å². The summed E-state index contributed by atoms with van der Waals surface area (Å²) < 4.78 is 0. The van der Waals surface area contributed by atoms with Crippen LogP contribution in [-0.4, -0.2) is 25.0 Å². The molecule has 0 radical (unpaired) electrons. The zero-order valence-corrected chi connectivity index (χ0v) is 11.0. The molecule has 2 fully saturated rings. The molecule has 0 spiro atoms. The topological polar surface area (TPSA) is 41.1 Å². The number of carbonyl (C=O) groups excluding carboxylic acids is 1. The molecule has 2 rings (SSSR count). The molecular weight excluding hydrogens is 212 g/mol. The Kier molecular flexibility index (Phi) is 4.84. The monoisotopic (exact) mass is 238 g/mol. The van der Waals surface area contributed by atoms with Crippen molar-refractivity contribution < 1.29 is 4.79 Å². The van der Waals surface area contributed by atoms with E-state index in [9.17, 15) is 4.79 Å². The molecule has 3 heteroatoms. The van der Waals surface area contributed by atoms with Gasteiger partial charge in [-0.3, -0.25) is 4.79 Å². The molecule has 17 heavy (non-hydrogen) atoms. The molecule has 1 saturated carbocycles. The van der Waals surface area contributed by atoms with Gasteiger partial charge < -0.3 is 10.6 Å². The van der Waals surface area contributed by atoms with Gasteiger partial charge in [0.05, 0.1) is 0 Å². The molecular formula is C14H26N2O. The number of carbonyl (C=O) groups is 1. The van der Waals surface area contributed by atoms with Gasteiger partial charge in [-0.05, 0) is 31.2 Å². The van der Waals surface area contributed by atoms with Crippen LogP contribution in [0.15, 0.2) is 0 Å². The van der Waals surface area contributed by atoms with E-state index in [0.717, 1.165) is 38.3 Å². The fourth-order valence-corrected chi connectivity index (χ4v) is 3.20. The van der Waals surface area contributed by atoms with Crippen molar-refractivity contribution >= 4 is 5.91 Å². The zero-order chi connectivity index (χ0) is 12.1. The summed E-state index contributed by atoms with van der Waals surface area (Å²) in [7, 11) is 0. The molecule has 2 aliphatic rings. The second-order valence-electron chi connectivity index (χ2n) is 5.95. The van der Waals surface area contributed by atoms with Crippen LogP contribution in [0.3, 0.4) is 0 Å². The van der Waals surface area contributed by atoms with Crippen molar-refractivity contribution in [2.45, 2.75) is 57.9 Å². The number of amides is 1. The van der Waals surface area contributed by atoms with Gasteiger partial charge in [0.15, 0.2) is 0 Å². The molecule has 0 aromatic heterocycles. The highest BCUT2D eigenvalue weighted by Gasteiger charge is 2.21. The molecule has 2 unspecified atom stereocenters. The van der Waals surface area contributed by atoms with Crippen molar-refractivity contribution in [3.63, 3.8) is 0 Å². The highest BCUT2D eigenvalue weighted by atomic mass is 16.1. The predicted molar refractivity (Wildman–Crippen MR) is 69.8 cm³/mol. The van der Waals surface area contributed by atoms with Gasteiger partial charge in [0.25, 0.3) is 0 Å². The first-order valence-corrected chi connectivity index (χ1v) is 7.24. The van der Waals surface area contributed by atoms with Crippen LogP contribution >= 0.6 is 0 Å². The third kappa shape index (κ3) is 4.30. The van der Waals surface area contributed by atoms with E-state index >= 15 is 0 Å². The summed E-state index contributed by atoms with van der Waals surface area (Å²) in [6.45, 7) is 4.28. The lowest BCUT2D eigenvalue weighted by molar-refractivity contribution is -0.122. The van der Waals surface area contributed by atoms with E-state index in [2.05, 4.69) is 17.6 Å². The van der Waals surface area contributed by atoms with Crippen LogP contribution in [0, 0.1) is 11.8 Å². The van der Waals surface area contributed by atoms with E-state index in [1.807, 2.05) is 0 Å². The number of nitrogens with one attached hydrogen (secondary N) is 2. The van der Waals surface area contributed by atoms with Gasteiger partial charge in [0.2, 0.25) is 5.91 Å². The molecule has 1 aliphatic carbocycles. The molecule has 1 heterocycles. The fourth-order valence-electron chi connectivity index (χ4n) is 3.20. The Hall–Kier alpha value is -0.570. The van der Waals surface area contributed by atoms with Crippen LogP contribution in [0.1, 0.15) is 51.9 Å². The van der Waals surface area contributed by atoms with Crippen LogP contribution in [0.5, 0.6) is 0 Å². The quantitative estimate of drug-likeness (QED) is 0.787. The van der Waals surface area contributed by atoms with Gasteiger partial charge in [-0.2, -0.15) is 0 Å². The third-order valence-electron chi connectivity index (χ3n) is 4.19. The lowest BCUT2D eigenvalue weighted by Gasteiger charge is -2.28. The Morgan fingerprint density at radius 1 is 1.29 bits per heavy atom. The van der Waals surface area contributed by atoms with E-state index in [-0.39, 0.29) is 5.91 Å². The van der Waals surface area contributed by atoms with E-state index in [1.54, 1.807) is 0 Å². The minimum Gasteiger partial charge on any atom is -0.352 e. The summed E-state index contributed by atoms with van der Waals surface area (Å²) in [6.07, 6.45) is 8.39. The summed E-state index contributed by atoms with van der Waals surface area (Å²) in [5.74, 6) is 1.77. The summed E-state index contributed by atoms with van der Waals surface area (Å²) in [4.78, 5) is 11.8. The first kappa shape index (κ1) is 12.9. The molecule has 2 N–H and O–H groups in total. The van der Waals surface area contributed by atoms with Crippen molar-refractivity contribution in [2.75, 3.05) is 13.1 Å². The molecule has 2 atom stereocenters. The van der Waals surface area contributed by atoms with Crippen LogP contribution in [0.2, 0.25) is 0 Å². The second-order valence-corrected chi connectivity index (χ2v) is 5.95. The Morgan fingerprint density at radius 2 is 2.06 bits per heavy atom. The normalized spacial score (nSPS) is 30.4. The summed E-state index contributed by atoms with van der Waals surface area (Å²) in [5, 5.41) is 6.54. The molecule has 3 nitrogen and oxygen atoms in total. The van der Waals surface area contributed by atoms with Gasteiger partial charge in [0, 0.05) is 19.0 Å².